The Hall–Kier alpha value is -1.46. The zero-order valence-electron chi connectivity index (χ0n) is 11.8. The molecule has 1 amide bonds. The highest BCUT2D eigenvalue weighted by Gasteiger charge is 2.20. The topological polar surface area (TPSA) is 59.6 Å². The van der Waals surface area contributed by atoms with E-state index in [1.807, 2.05) is 0 Å². The van der Waals surface area contributed by atoms with Crippen molar-refractivity contribution >= 4 is 24.0 Å². The smallest absolute Gasteiger partial charge is 0.241 e. The summed E-state index contributed by atoms with van der Waals surface area (Å²) in [6, 6.07) is 5.23. The van der Waals surface area contributed by atoms with Gasteiger partial charge in [-0.2, -0.15) is 0 Å². The molecule has 1 saturated heterocycles. The maximum Gasteiger partial charge on any atom is 0.241 e. The Kier molecular flexibility index (Phi) is 6.61. The number of nitrogens with one attached hydrogen (secondary N) is 2. The van der Waals surface area contributed by atoms with Crippen LogP contribution in [0.15, 0.2) is 18.2 Å². The summed E-state index contributed by atoms with van der Waals surface area (Å²) in [6.07, 6.45) is 3.11. The number of ether oxygens (including phenoxy) is 2. The standard InChI is InChI=1S/C14H20N2O3.ClH/c1-18-11-7-10(8-12(9-11)19-2)16-14(17)13-5-3-4-6-15-13;/h7-9,13,15H,3-6H2,1-2H3,(H,16,17);1H. The van der Waals surface area contributed by atoms with Gasteiger partial charge >= 0.3 is 0 Å². The number of benzene rings is 1. The van der Waals surface area contributed by atoms with Gasteiger partial charge in [0.1, 0.15) is 11.5 Å². The summed E-state index contributed by atoms with van der Waals surface area (Å²) in [6.45, 7) is 0.902. The molecule has 5 nitrogen and oxygen atoms in total. The van der Waals surface area contributed by atoms with Crippen LogP contribution in [0, 0.1) is 0 Å². The van der Waals surface area contributed by atoms with E-state index in [9.17, 15) is 4.79 Å². The molecule has 112 valence electrons. The number of hydrogen-bond acceptors (Lipinski definition) is 4. The molecule has 1 aliphatic heterocycles. The van der Waals surface area contributed by atoms with Crippen molar-refractivity contribution in [3.8, 4) is 11.5 Å². The first-order chi connectivity index (χ1) is 9.22. The summed E-state index contributed by atoms with van der Waals surface area (Å²) in [5, 5.41) is 6.12. The van der Waals surface area contributed by atoms with E-state index in [0.29, 0.717) is 17.2 Å². The van der Waals surface area contributed by atoms with Crippen molar-refractivity contribution in [3.05, 3.63) is 18.2 Å². The summed E-state index contributed by atoms with van der Waals surface area (Å²) < 4.78 is 10.4. The lowest BCUT2D eigenvalue weighted by atomic mass is 10.0. The number of anilines is 1. The monoisotopic (exact) mass is 300 g/mol. The van der Waals surface area contributed by atoms with Gasteiger partial charge in [-0.15, -0.1) is 12.4 Å². The molecule has 1 aromatic carbocycles. The predicted molar refractivity (Wildman–Crippen MR) is 81.1 cm³/mol. The predicted octanol–water partition coefficient (Wildman–Crippen LogP) is 2.21. The maximum atomic E-state index is 12.1. The van der Waals surface area contributed by atoms with Gasteiger partial charge in [0.15, 0.2) is 0 Å². The number of rotatable bonds is 4. The van der Waals surface area contributed by atoms with Gasteiger partial charge in [0.25, 0.3) is 0 Å². The highest BCUT2D eigenvalue weighted by molar-refractivity contribution is 5.95. The van der Waals surface area contributed by atoms with Crippen LogP contribution in [0.1, 0.15) is 19.3 Å². The van der Waals surface area contributed by atoms with Gasteiger partial charge in [0, 0.05) is 23.9 Å². The van der Waals surface area contributed by atoms with E-state index in [1.54, 1.807) is 32.4 Å². The molecular formula is C14H21ClN2O3. The molecule has 0 aliphatic carbocycles. The van der Waals surface area contributed by atoms with E-state index in [1.165, 1.54) is 0 Å². The van der Waals surface area contributed by atoms with Gasteiger partial charge in [0.2, 0.25) is 5.91 Å². The SMILES string of the molecule is COc1cc(NC(=O)C2CCCCN2)cc(OC)c1.Cl. The Bertz CT molecular complexity index is 426. The van der Waals surface area contributed by atoms with Gasteiger partial charge in [0.05, 0.1) is 20.3 Å². The van der Waals surface area contributed by atoms with Crippen molar-refractivity contribution in [3.63, 3.8) is 0 Å². The zero-order chi connectivity index (χ0) is 13.7. The molecule has 1 aliphatic rings. The Labute approximate surface area is 125 Å². The molecule has 0 radical (unpaired) electrons. The van der Waals surface area contributed by atoms with Crippen molar-refractivity contribution in [2.24, 2.45) is 0 Å². The number of hydrogen-bond donors (Lipinski definition) is 2. The molecule has 2 N–H and O–H groups in total. The van der Waals surface area contributed by atoms with E-state index in [2.05, 4.69) is 10.6 Å². The number of methoxy groups -OCH3 is 2. The molecule has 2 rings (SSSR count). The minimum absolute atomic E-state index is 0. The lowest BCUT2D eigenvalue weighted by molar-refractivity contribution is -0.118. The second kappa shape index (κ2) is 7.97. The third-order valence-corrected chi connectivity index (χ3v) is 3.25. The molecule has 0 spiro atoms. The van der Waals surface area contributed by atoms with Gasteiger partial charge in [-0.1, -0.05) is 6.42 Å². The van der Waals surface area contributed by atoms with Crippen molar-refractivity contribution in [2.75, 3.05) is 26.1 Å². The summed E-state index contributed by atoms with van der Waals surface area (Å²) in [7, 11) is 3.17. The second-order valence-corrected chi connectivity index (χ2v) is 4.59. The summed E-state index contributed by atoms with van der Waals surface area (Å²) >= 11 is 0. The van der Waals surface area contributed by atoms with Gasteiger partial charge in [-0.3, -0.25) is 4.79 Å². The number of amides is 1. The zero-order valence-corrected chi connectivity index (χ0v) is 12.6. The van der Waals surface area contributed by atoms with E-state index in [-0.39, 0.29) is 24.4 Å². The van der Waals surface area contributed by atoms with E-state index >= 15 is 0 Å². The third-order valence-electron chi connectivity index (χ3n) is 3.25. The average molecular weight is 301 g/mol. The van der Waals surface area contributed by atoms with Crippen molar-refractivity contribution in [1.82, 2.24) is 5.32 Å². The van der Waals surface area contributed by atoms with E-state index in [0.717, 1.165) is 25.8 Å². The van der Waals surface area contributed by atoms with Gasteiger partial charge in [-0.25, -0.2) is 0 Å². The number of carbonyl (C=O) groups is 1. The Balaban J connectivity index is 0.00000200. The summed E-state index contributed by atoms with van der Waals surface area (Å²) in [4.78, 5) is 12.1. The third kappa shape index (κ3) is 4.28. The average Bonchev–Trinajstić information content (AvgIpc) is 2.47. The summed E-state index contributed by atoms with van der Waals surface area (Å²) in [5.41, 5.74) is 0.688. The van der Waals surface area contributed by atoms with Crippen LogP contribution in [0.3, 0.4) is 0 Å². The van der Waals surface area contributed by atoms with Crippen LogP contribution in [0.2, 0.25) is 0 Å². The molecule has 6 heteroatoms. The Morgan fingerprint density at radius 2 is 1.85 bits per heavy atom. The van der Waals surface area contributed by atoms with Gasteiger partial charge in [-0.05, 0) is 19.4 Å². The highest BCUT2D eigenvalue weighted by atomic mass is 35.5. The molecule has 1 aromatic rings. The molecule has 1 fully saturated rings. The van der Waals surface area contributed by atoms with Crippen molar-refractivity contribution < 1.29 is 14.3 Å². The largest absolute Gasteiger partial charge is 0.497 e. The minimum atomic E-state index is -0.106. The molecule has 20 heavy (non-hydrogen) atoms. The maximum absolute atomic E-state index is 12.1. The molecule has 0 bridgehead atoms. The van der Waals surface area contributed by atoms with Crippen LogP contribution >= 0.6 is 12.4 Å². The first-order valence-corrected chi connectivity index (χ1v) is 6.50. The summed E-state index contributed by atoms with van der Waals surface area (Å²) in [5.74, 6) is 1.31. The number of carbonyl (C=O) groups excluding carboxylic acids is 1. The fraction of sp³-hybridized carbons (Fsp3) is 0.500. The normalized spacial score (nSPS) is 17.8. The first kappa shape index (κ1) is 16.6. The second-order valence-electron chi connectivity index (χ2n) is 4.59. The first-order valence-electron chi connectivity index (χ1n) is 6.50. The van der Waals surface area contributed by atoms with Crippen LogP contribution in [-0.4, -0.2) is 32.7 Å². The molecule has 1 atom stereocenters. The Morgan fingerprint density at radius 3 is 2.35 bits per heavy atom. The van der Waals surface area contributed by atoms with Crippen molar-refractivity contribution in [1.29, 1.82) is 0 Å². The fourth-order valence-corrected chi connectivity index (χ4v) is 2.18. The Morgan fingerprint density at radius 1 is 1.20 bits per heavy atom. The number of piperidine rings is 1. The molecule has 0 saturated carbocycles. The van der Waals surface area contributed by atoms with Crippen LogP contribution in [0.5, 0.6) is 11.5 Å². The van der Waals surface area contributed by atoms with Crippen LogP contribution in [0.25, 0.3) is 0 Å². The van der Waals surface area contributed by atoms with Crippen LogP contribution in [0.4, 0.5) is 5.69 Å². The lowest BCUT2D eigenvalue weighted by Crippen LogP contribution is -2.43. The number of halogens is 1. The van der Waals surface area contributed by atoms with Crippen LogP contribution in [-0.2, 0) is 4.79 Å². The minimum Gasteiger partial charge on any atom is -0.497 e. The van der Waals surface area contributed by atoms with E-state index < -0.39 is 0 Å². The highest BCUT2D eigenvalue weighted by Crippen LogP contribution is 2.26. The van der Waals surface area contributed by atoms with Gasteiger partial charge < -0.3 is 20.1 Å². The molecule has 0 aromatic heterocycles. The van der Waals surface area contributed by atoms with Crippen LogP contribution < -0.4 is 20.1 Å². The van der Waals surface area contributed by atoms with E-state index in [4.69, 9.17) is 9.47 Å². The molecular weight excluding hydrogens is 280 g/mol. The molecule has 1 unspecified atom stereocenters. The fourth-order valence-electron chi connectivity index (χ4n) is 2.18. The van der Waals surface area contributed by atoms with Crippen molar-refractivity contribution in [2.45, 2.75) is 25.3 Å². The molecule has 1 heterocycles. The quantitative estimate of drug-likeness (QED) is 0.895. The lowest BCUT2D eigenvalue weighted by Gasteiger charge is -2.22.